The van der Waals surface area contributed by atoms with Crippen molar-refractivity contribution in [2.75, 3.05) is 5.75 Å². The number of hydrogen-bond donors (Lipinski definition) is 1. The highest BCUT2D eigenvalue weighted by Crippen LogP contribution is 2.35. The Kier molecular flexibility index (Phi) is 9.31. The molecule has 5 aromatic rings. The van der Waals surface area contributed by atoms with Gasteiger partial charge in [0.1, 0.15) is 0 Å². The second kappa shape index (κ2) is 13.9. The number of non-ortho nitro benzene ring substituents is 1. The first-order valence-corrected chi connectivity index (χ1v) is 16.3. The molecule has 1 aliphatic rings. The molecular formula is C33H29N7O4S2. The van der Waals surface area contributed by atoms with Gasteiger partial charge in [0.05, 0.1) is 40.4 Å². The Morgan fingerprint density at radius 3 is 2.46 bits per heavy atom. The van der Waals surface area contributed by atoms with E-state index in [1.54, 1.807) is 16.3 Å². The van der Waals surface area contributed by atoms with Crippen LogP contribution in [0.3, 0.4) is 0 Å². The van der Waals surface area contributed by atoms with Gasteiger partial charge in [-0.3, -0.25) is 19.7 Å². The van der Waals surface area contributed by atoms with Gasteiger partial charge in [-0.15, -0.1) is 21.5 Å². The molecule has 0 saturated heterocycles. The maximum atomic E-state index is 13.7. The van der Waals surface area contributed by atoms with Crippen molar-refractivity contribution in [3.63, 3.8) is 0 Å². The van der Waals surface area contributed by atoms with Crippen LogP contribution >= 0.6 is 23.1 Å². The zero-order chi connectivity index (χ0) is 32.0. The summed E-state index contributed by atoms with van der Waals surface area (Å²) in [5.41, 5.74) is 4.25. The topological polar surface area (TPSA) is 136 Å². The first-order chi connectivity index (χ1) is 22.4. The molecule has 13 heteroatoms. The SMILES string of the molecule is Cc1ccc([C@@H]2CC(c3cccs3)=NN2C(=O)CSc2nnc(CNC(=O)c3ccc([N+](=O)[O-])cc3)n2Cc2ccccc2)cc1. The normalized spacial score (nSPS) is 14.2. The van der Waals surface area contributed by atoms with Gasteiger partial charge in [0.25, 0.3) is 17.5 Å². The molecule has 2 amide bonds. The summed E-state index contributed by atoms with van der Waals surface area (Å²) in [6, 6.07) is 27.1. The Balaban J connectivity index is 1.20. The second-order valence-corrected chi connectivity index (χ2v) is 12.5. The molecule has 1 aliphatic heterocycles. The van der Waals surface area contributed by atoms with Crippen molar-refractivity contribution < 1.29 is 14.5 Å². The number of aromatic nitrogens is 3. The van der Waals surface area contributed by atoms with Gasteiger partial charge in [0.2, 0.25) is 0 Å². The second-order valence-electron chi connectivity index (χ2n) is 10.6. The summed E-state index contributed by atoms with van der Waals surface area (Å²) in [4.78, 5) is 38.0. The summed E-state index contributed by atoms with van der Waals surface area (Å²) < 4.78 is 1.88. The molecule has 1 N–H and O–H groups in total. The number of rotatable bonds is 11. The van der Waals surface area contributed by atoms with Gasteiger partial charge >= 0.3 is 0 Å². The summed E-state index contributed by atoms with van der Waals surface area (Å²) in [6.45, 7) is 2.54. The van der Waals surface area contributed by atoms with Crippen LogP contribution in [0.1, 0.15) is 50.2 Å². The third-order valence-electron chi connectivity index (χ3n) is 7.48. The summed E-state index contributed by atoms with van der Waals surface area (Å²) in [7, 11) is 0. The van der Waals surface area contributed by atoms with E-state index in [9.17, 15) is 19.7 Å². The van der Waals surface area contributed by atoms with Crippen molar-refractivity contribution in [1.29, 1.82) is 0 Å². The van der Waals surface area contributed by atoms with Crippen molar-refractivity contribution in [2.45, 2.75) is 37.6 Å². The molecule has 0 spiro atoms. The van der Waals surface area contributed by atoms with Gasteiger partial charge in [0.15, 0.2) is 11.0 Å². The summed E-state index contributed by atoms with van der Waals surface area (Å²) >= 11 is 2.87. The average Bonchev–Trinajstić information content (AvgIpc) is 3.84. The van der Waals surface area contributed by atoms with Crippen molar-refractivity contribution in [3.8, 4) is 0 Å². The summed E-state index contributed by atoms with van der Waals surface area (Å²) in [5.74, 6) is 0.0466. The van der Waals surface area contributed by atoms with E-state index in [2.05, 4.69) is 15.5 Å². The number of nitrogens with one attached hydrogen (secondary N) is 1. The van der Waals surface area contributed by atoms with Crippen LogP contribution in [-0.2, 0) is 17.9 Å². The van der Waals surface area contributed by atoms with E-state index in [0.717, 1.165) is 27.3 Å². The Morgan fingerprint density at radius 2 is 1.76 bits per heavy atom. The highest BCUT2D eigenvalue weighted by molar-refractivity contribution is 7.99. The number of thiophene rings is 1. The number of amides is 2. The quantitative estimate of drug-likeness (QED) is 0.105. The van der Waals surface area contributed by atoms with Crippen LogP contribution in [0.2, 0.25) is 0 Å². The molecule has 46 heavy (non-hydrogen) atoms. The largest absolute Gasteiger partial charge is 0.345 e. The molecule has 0 saturated carbocycles. The smallest absolute Gasteiger partial charge is 0.269 e. The molecule has 0 aliphatic carbocycles. The lowest BCUT2D eigenvalue weighted by Crippen LogP contribution is -2.28. The fourth-order valence-corrected chi connectivity index (χ4v) is 6.58. The summed E-state index contributed by atoms with van der Waals surface area (Å²) in [5, 5.41) is 31.4. The predicted molar refractivity (Wildman–Crippen MR) is 177 cm³/mol. The molecule has 0 unspecified atom stereocenters. The van der Waals surface area contributed by atoms with E-state index < -0.39 is 10.8 Å². The number of nitro groups is 1. The molecule has 1 atom stereocenters. The lowest BCUT2D eigenvalue weighted by Gasteiger charge is -2.22. The van der Waals surface area contributed by atoms with Crippen LogP contribution in [0.5, 0.6) is 0 Å². The number of nitro benzene ring substituents is 1. The van der Waals surface area contributed by atoms with Gasteiger partial charge < -0.3 is 9.88 Å². The van der Waals surface area contributed by atoms with Gasteiger partial charge in [0, 0.05) is 24.1 Å². The maximum Gasteiger partial charge on any atom is 0.269 e. The highest BCUT2D eigenvalue weighted by atomic mass is 32.2. The van der Waals surface area contributed by atoms with Crippen LogP contribution in [0.4, 0.5) is 5.69 Å². The Hall–Kier alpha value is -5.14. The van der Waals surface area contributed by atoms with E-state index in [1.165, 1.54) is 36.0 Å². The van der Waals surface area contributed by atoms with E-state index in [1.807, 2.05) is 83.6 Å². The maximum absolute atomic E-state index is 13.7. The molecule has 0 bridgehead atoms. The van der Waals surface area contributed by atoms with Crippen LogP contribution in [0.15, 0.2) is 107 Å². The molecular weight excluding hydrogens is 623 g/mol. The Labute approximate surface area is 273 Å². The molecule has 3 heterocycles. The minimum Gasteiger partial charge on any atom is -0.345 e. The molecule has 0 radical (unpaired) electrons. The summed E-state index contributed by atoms with van der Waals surface area (Å²) in [6.07, 6.45) is 0.628. The number of nitrogens with zero attached hydrogens (tertiary/aromatic N) is 6. The van der Waals surface area contributed by atoms with Crippen LogP contribution < -0.4 is 5.32 Å². The zero-order valence-electron chi connectivity index (χ0n) is 24.8. The average molecular weight is 652 g/mol. The van der Waals surface area contributed by atoms with E-state index in [4.69, 9.17) is 5.10 Å². The Morgan fingerprint density at radius 1 is 1.00 bits per heavy atom. The number of benzene rings is 3. The predicted octanol–water partition coefficient (Wildman–Crippen LogP) is 6.00. The number of carbonyl (C=O) groups is 2. The van der Waals surface area contributed by atoms with Crippen molar-refractivity contribution in [2.24, 2.45) is 5.10 Å². The number of thioether (sulfide) groups is 1. The minimum atomic E-state index is -0.515. The number of hydrogen-bond acceptors (Lipinski definition) is 9. The fourth-order valence-electron chi connectivity index (χ4n) is 5.05. The lowest BCUT2D eigenvalue weighted by atomic mass is 10.00. The monoisotopic (exact) mass is 651 g/mol. The standard InChI is InChI=1S/C33H29N7O4S2/c1-22-9-11-24(12-10-22)28-18-27(29-8-5-17-45-29)37-39(28)31(41)21-46-33-36-35-30(38(33)20-23-6-3-2-4-7-23)19-34-32(42)25-13-15-26(16-14-25)40(43)44/h2-17,28H,18-21H2,1H3,(H,34,42)/t28-/m0/s1. The fraction of sp³-hybridized carbons (Fsp3) is 0.182. The van der Waals surface area contributed by atoms with E-state index in [-0.39, 0.29) is 35.5 Å². The van der Waals surface area contributed by atoms with Gasteiger partial charge in [-0.25, -0.2) is 5.01 Å². The first kappa shape index (κ1) is 30.9. The van der Waals surface area contributed by atoms with Crippen LogP contribution in [0.25, 0.3) is 0 Å². The third-order valence-corrected chi connectivity index (χ3v) is 9.35. The molecule has 2 aromatic heterocycles. The van der Waals surface area contributed by atoms with Crippen LogP contribution in [-0.4, -0.2) is 48.0 Å². The number of aryl methyl sites for hydroxylation is 1. The van der Waals surface area contributed by atoms with Crippen LogP contribution in [0, 0.1) is 17.0 Å². The van der Waals surface area contributed by atoms with E-state index in [0.29, 0.717) is 23.9 Å². The minimum absolute atomic E-state index is 0.0697. The van der Waals surface area contributed by atoms with Crippen molar-refractivity contribution in [1.82, 2.24) is 25.1 Å². The number of hydrazone groups is 1. The van der Waals surface area contributed by atoms with Crippen molar-refractivity contribution in [3.05, 3.63) is 139 Å². The van der Waals surface area contributed by atoms with E-state index >= 15 is 0 Å². The highest BCUT2D eigenvalue weighted by Gasteiger charge is 2.33. The lowest BCUT2D eigenvalue weighted by molar-refractivity contribution is -0.384. The third kappa shape index (κ3) is 7.05. The molecule has 3 aromatic carbocycles. The first-order valence-electron chi connectivity index (χ1n) is 14.5. The molecule has 232 valence electrons. The number of carbonyl (C=O) groups excluding carboxylic acids is 2. The molecule has 11 nitrogen and oxygen atoms in total. The Bertz CT molecular complexity index is 1870. The van der Waals surface area contributed by atoms with Gasteiger partial charge in [-0.2, -0.15) is 5.10 Å². The van der Waals surface area contributed by atoms with Gasteiger partial charge in [-0.1, -0.05) is 78.0 Å². The van der Waals surface area contributed by atoms with Gasteiger partial charge in [-0.05, 0) is 41.6 Å². The molecule has 6 rings (SSSR count). The molecule has 0 fully saturated rings. The zero-order valence-corrected chi connectivity index (χ0v) is 26.4. The van der Waals surface area contributed by atoms with Crippen molar-refractivity contribution >= 4 is 46.3 Å².